The van der Waals surface area contributed by atoms with E-state index >= 15 is 0 Å². The Hall–Kier alpha value is -0.780. The lowest BCUT2D eigenvalue weighted by Crippen LogP contribution is -2.07. The fourth-order valence-corrected chi connectivity index (χ4v) is 1.69. The van der Waals surface area contributed by atoms with Crippen LogP contribution >= 0.6 is 0 Å². The minimum absolute atomic E-state index is 0.261. The van der Waals surface area contributed by atoms with Gasteiger partial charge in [0.1, 0.15) is 0 Å². The lowest BCUT2D eigenvalue weighted by Gasteiger charge is -2.19. The molecule has 0 bridgehead atoms. The number of allylic oxidation sites excluding steroid dienone is 6. The monoisotopic (exact) mass is 176 g/mol. The van der Waals surface area contributed by atoms with Crippen LogP contribution in [0.1, 0.15) is 40.5 Å². The second-order valence-corrected chi connectivity index (χ2v) is 4.15. The maximum absolute atomic E-state index is 2.37. The van der Waals surface area contributed by atoms with Crippen LogP contribution in [0, 0.1) is 5.41 Å². The van der Waals surface area contributed by atoms with Gasteiger partial charge in [-0.3, -0.25) is 0 Å². The summed E-state index contributed by atoms with van der Waals surface area (Å²) in [6.07, 6.45) is 11.6. The van der Waals surface area contributed by atoms with E-state index < -0.39 is 0 Å². The molecule has 0 nitrogen and oxygen atoms in total. The van der Waals surface area contributed by atoms with Crippen molar-refractivity contribution < 1.29 is 0 Å². The molecule has 1 aliphatic carbocycles. The topological polar surface area (TPSA) is 0 Å². The molecule has 0 heterocycles. The van der Waals surface area contributed by atoms with Gasteiger partial charge in [-0.2, -0.15) is 0 Å². The standard InChI is InChI=1S/C13H20/c1-5-12-7-8-13(4,6-2)10-11(3)9-12/h7-10H,5-6H2,1-4H3. The first-order chi connectivity index (χ1) is 6.09. The highest BCUT2D eigenvalue weighted by Gasteiger charge is 2.16. The quantitative estimate of drug-likeness (QED) is 0.590. The van der Waals surface area contributed by atoms with E-state index in [-0.39, 0.29) is 5.41 Å². The van der Waals surface area contributed by atoms with E-state index in [2.05, 4.69) is 52.0 Å². The van der Waals surface area contributed by atoms with E-state index in [1.165, 1.54) is 17.6 Å². The van der Waals surface area contributed by atoms with Crippen LogP contribution in [0.25, 0.3) is 0 Å². The minimum atomic E-state index is 0.261. The molecule has 0 saturated heterocycles. The summed E-state index contributed by atoms with van der Waals surface area (Å²) in [6.45, 7) is 8.93. The van der Waals surface area contributed by atoms with E-state index in [0.717, 1.165) is 6.42 Å². The Balaban J connectivity index is 2.99. The Morgan fingerprint density at radius 2 is 2.00 bits per heavy atom. The first-order valence-corrected chi connectivity index (χ1v) is 5.19. The first kappa shape index (κ1) is 10.3. The average Bonchev–Trinajstić information content (AvgIpc) is 2.25. The molecule has 0 aromatic carbocycles. The van der Waals surface area contributed by atoms with Crippen molar-refractivity contribution in [1.29, 1.82) is 0 Å². The molecule has 1 atom stereocenters. The number of hydrogen-bond donors (Lipinski definition) is 0. The molecular weight excluding hydrogens is 156 g/mol. The molecule has 0 amide bonds. The fourth-order valence-electron chi connectivity index (χ4n) is 1.69. The maximum Gasteiger partial charge on any atom is 0.00390 e. The Morgan fingerprint density at radius 1 is 1.31 bits per heavy atom. The lowest BCUT2D eigenvalue weighted by molar-refractivity contribution is 0.528. The van der Waals surface area contributed by atoms with Crippen molar-refractivity contribution in [2.75, 3.05) is 0 Å². The zero-order valence-corrected chi connectivity index (χ0v) is 9.22. The summed E-state index contributed by atoms with van der Waals surface area (Å²) in [7, 11) is 0. The highest BCUT2D eigenvalue weighted by molar-refractivity contribution is 5.35. The Labute approximate surface area is 82.0 Å². The SMILES string of the molecule is CCC1=CC(C)=CC(C)(CC)C=C1. The van der Waals surface area contributed by atoms with Gasteiger partial charge in [-0.05, 0) is 25.3 Å². The fraction of sp³-hybridized carbons (Fsp3) is 0.538. The van der Waals surface area contributed by atoms with Crippen LogP contribution in [0.3, 0.4) is 0 Å². The maximum atomic E-state index is 2.37. The Kier molecular flexibility index (Phi) is 3.13. The second-order valence-electron chi connectivity index (χ2n) is 4.15. The van der Waals surface area contributed by atoms with Gasteiger partial charge in [-0.25, -0.2) is 0 Å². The number of rotatable bonds is 2. The average molecular weight is 176 g/mol. The summed E-state index contributed by atoms with van der Waals surface area (Å²) < 4.78 is 0. The predicted octanol–water partition coefficient (Wildman–Crippen LogP) is 4.26. The highest BCUT2D eigenvalue weighted by Crippen LogP contribution is 2.30. The van der Waals surface area contributed by atoms with Gasteiger partial charge in [-0.15, -0.1) is 0 Å². The summed E-state index contributed by atoms with van der Waals surface area (Å²) >= 11 is 0. The van der Waals surface area contributed by atoms with Gasteiger partial charge in [0.15, 0.2) is 0 Å². The van der Waals surface area contributed by atoms with Gasteiger partial charge in [0.05, 0.1) is 0 Å². The highest BCUT2D eigenvalue weighted by atomic mass is 14.2. The zero-order valence-electron chi connectivity index (χ0n) is 9.22. The van der Waals surface area contributed by atoms with Gasteiger partial charge in [0, 0.05) is 5.41 Å². The van der Waals surface area contributed by atoms with Crippen molar-refractivity contribution in [1.82, 2.24) is 0 Å². The molecular formula is C13H20. The lowest BCUT2D eigenvalue weighted by atomic mass is 9.86. The largest absolute Gasteiger partial charge is 0.0745 e. The summed E-state index contributed by atoms with van der Waals surface area (Å²) in [4.78, 5) is 0. The molecule has 0 N–H and O–H groups in total. The molecule has 1 rings (SSSR count). The van der Waals surface area contributed by atoms with Gasteiger partial charge in [0.2, 0.25) is 0 Å². The van der Waals surface area contributed by atoms with Crippen LogP contribution in [0.5, 0.6) is 0 Å². The van der Waals surface area contributed by atoms with Crippen LogP contribution in [0.2, 0.25) is 0 Å². The van der Waals surface area contributed by atoms with E-state index in [1.807, 2.05) is 0 Å². The van der Waals surface area contributed by atoms with Gasteiger partial charge in [-0.1, -0.05) is 50.6 Å². The molecule has 0 aromatic rings. The van der Waals surface area contributed by atoms with E-state index in [0.29, 0.717) is 0 Å². The molecule has 0 aliphatic heterocycles. The molecule has 13 heavy (non-hydrogen) atoms. The molecule has 72 valence electrons. The normalized spacial score (nSPS) is 28.0. The smallest absolute Gasteiger partial charge is 0.00390 e. The number of hydrogen-bond acceptors (Lipinski definition) is 0. The van der Waals surface area contributed by atoms with Crippen LogP contribution in [-0.2, 0) is 0 Å². The third-order valence-corrected chi connectivity index (χ3v) is 2.82. The third-order valence-electron chi connectivity index (χ3n) is 2.82. The zero-order chi connectivity index (χ0) is 9.90. The molecule has 0 radical (unpaired) electrons. The van der Waals surface area contributed by atoms with Crippen molar-refractivity contribution in [3.63, 3.8) is 0 Å². The summed E-state index contributed by atoms with van der Waals surface area (Å²) in [5.41, 5.74) is 3.09. The van der Waals surface area contributed by atoms with Crippen molar-refractivity contribution in [2.24, 2.45) is 5.41 Å². The molecule has 0 aromatic heterocycles. The van der Waals surface area contributed by atoms with Crippen molar-refractivity contribution in [3.05, 3.63) is 35.5 Å². The van der Waals surface area contributed by atoms with Crippen molar-refractivity contribution >= 4 is 0 Å². The first-order valence-electron chi connectivity index (χ1n) is 5.19. The Bertz CT molecular complexity index is 266. The minimum Gasteiger partial charge on any atom is -0.0745 e. The summed E-state index contributed by atoms with van der Waals surface area (Å²) in [5, 5.41) is 0. The van der Waals surface area contributed by atoms with Crippen LogP contribution in [-0.4, -0.2) is 0 Å². The molecule has 1 unspecified atom stereocenters. The molecule has 0 heteroatoms. The van der Waals surface area contributed by atoms with Crippen molar-refractivity contribution in [3.8, 4) is 0 Å². The van der Waals surface area contributed by atoms with Crippen LogP contribution in [0.4, 0.5) is 0 Å². The third kappa shape index (κ3) is 2.58. The molecule has 0 fully saturated rings. The summed E-state index contributed by atoms with van der Waals surface area (Å²) in [5.74, 6) is 0. The molecule has 0 saturated carbocycles. The Morgan fingerprint density at radius 3 is 2.54 bits per heavy atom. The second kappa shape index (κ2) is 3.95. The van der Waals surface area contributed by atoms with Gasteiger partial charge < -0.3 is 0 Å². The van der Waals surface area contributed by atoms with E-state index in [4.69, 9.17) is 0 Å². The molecule has 0 spiro atoms. The van der Waals surface area contributed by atoms with E-state index in [9.17, 15) is 0 Å². The van der Waals surface area contributed by atoms with E-state index in [1.54, 1.807) is 0 Å². The predicted molar refractivity (Wildman–Crippen MR) is 59.7 cm³/mol. The molecule has 1 aliphatic rings. The summed E-state index contributed by atoms with van der Waals surface area (Å²) in [6, 6.07) is 0. The van der Waals surface area contributed by atoms with Gasteiger partial charge in [0.25, 0.3) is 0 Å². The van der Waals surface area contributed by atoms with Gasteiger partial charge >= 0.3 is 0 Å². The van der Waals surface area contributed by atoms with Crippen molar-refractivity contribution in [2.45, 2.75) is 40.5 Å². The van der Waals surface area contributed by atoms with Crippen LogP contribution < -0.4 is 0 Å². The van der Waals surface area contributed by atoms with Crippen LogP contribution in [0.15, 0.2) is 35.5 Å².